The van der Waals surface area contributed by atoms with Gasteiger partial charge in [0.2, 0.25) is 0 Å². The summed E-state index contributed by atoms with van der Waals surface area (Å²) in [5.74, 6) is 0.483. The molecule has 0 fully saturated rings. The lowest BCUT2D eigenvalue weighted by atomic mass is 9.85. The molecule has 1 aliphatic carbocycles. The standard InChI is InChI=1S/C10H16N2/c1-8-2-4-9(5-3-8)10(6-11)7-12/h2,6-7,9,11H,3-5,12H2,1H3/b10-7+,11-6?. The van der Waals surface area contributed by atoms with Gasteiger partial charge in [0.05, 0.1) is 0 Å². The van der Waals surface area contributed by atoms with Crippen molar-refractivity contribution in [2.75, 3.05) is 0 Å². The van der Waals surface area contributed by atoms with Crippen LogP contribution in [-0.4, -0.2) is 6.21 Å². The van der Waals surface area contributed by atoms with Gasteiger partial charge in [-0.3, -0.25) is 0 Å². The Kier molecular flexibility index (Phi) is 3.09. The zero-order valence-corrected chi connectivity index (χ0v) is 7.51. The number of allylic oxidation sites excluding steroid dienone is 3. The summed E-state index contributed by atoms with van der Waals surface area (Å²) in [6.07, 6.45) is 8.52. The van der Waals surface area contributed by atoms with Gasteiger partial charge in [0, 0.05) is 6.21 Å². The van der Waals surface area contributed by atoms with E-state index in [1.165, 1.54) is 11.8 Å². The smallest absolute Gasteiger partial charge is 0.0227 e. The second-order valence-corrected chi connectivity index (χ2v) is 3.33. The summed E-state index contributed by atoms with van der Waals surface area (Å²) >= 11 is 0. The van der Waals surface area contributed by atoms with Gasteiger partial charge in [0.1, 0.15) is 0 Å². The first-order valence-corrected chi connectivity index (χ1v) is 4.36. The Labute approximate surface area is 73.7 Å². The van der Waals surface area contributed by atoms with Gasteiger partial charge >= 0.3 is 0 Å². The van der Waals surface area contributed by atoms with Crippen LogP contribution in [0.15, 0.2) is 23.4 Å². The third kappa shape index (κ3) is 1.97. The Bertz CT molecular complexity index is 226. The van der Waals surface area contributed by atoms with Crippen molar-refractivity contribution in [2.45, 2.75) is 26.2 Å². The maximum atomic E-state index is 7.15. The molecule has 1 rings (SSSR count). The molecule has 66 valence electrons. The van der Waals surface area contributed by atoms with Crippen LogP contribution in [0.3, 0.4) is 0 Å². The molecule has 3 N–H and O–H groups in total. The molecule has 2 heteroatoms. The minimum atomic E-state index is 0.483. The molecular weight excluding hydrogens is 148 g/mol. The molecule has 2 nitrogen and oxygen atoms in total. The fourth-order valence-electron chi connectivity index (χ4n) is 1.57. The van der Waals surface area contributed by atoms with Gasteiger partial charge in [0.15, 0.2) is 0 Å². The summed E-state index contributed by atoms with van der Waals surface area (Å²) in [4.78, 5) is 0. The number of nitrogens with one attached hydrogen (secondary N) is 1. The monoisotopic (exact) mass is 164 g/mol. The van der Waals surface area contributed by atoms with E-state index in [1.807, 2.05) is 0 Å². The summed E-state index contributed by atoms with van der Waals surface area (Å²) in [5, 5.41) is 7.15. The number of nitrogens with two attached hydrogens (primary N) is 1. The molecule has 0 aromatic heterocycles. The Morgan fingerprint density at radius 1 is 1.75 bits per heavy atom. The number of hydrogen-bond acceptors (Lipinski definition) is 2. The van der Waals surface area contributed by atoms with Gasteiger partial charge in [-0.25, -0.2) is 0 Å². The third-order valence-electron chi connectivity index (χ3n) is 2.47. The third-order valence-corrected chi connectivity index (χ3v) is 2.47. The number of rotatable bonds is 2. The van der Waals surface area contributed by atoms with E-state index in [1.54, 1.807) is 6.20 Å². The zero-order chi connectivity index (χ0) is 8.97. The molecule has 0 heterocycles. The lowest BCUT2D eigenvalue weighted by molar-refractivity contribution is 0.554. The molecular formula is C10H16N2. The minimum absolute atomic E-state index is 0.483. The van der Waals surface area contributed by atoms with Crippen molar-refractivity contribution in [2.24, 2.45) is 11.7 Å². The van der Waals surface area contributed by atoms with Crippen LogP contribution in [0.2, 0.25) is 0 Å². The van der Waals surface area contributed by atoms with Gasteiger partial charge < -0.3 is 11.1 Å². The van der Waals surface area contributed by atoms with Crippen LogP contribution in [0.1, 0.15) is 26.2 Å². The van der Waals surface area contributed by atoms with Crippen molar-refractivity contribution in [3.8, 4) is 0 Å². The minimum Gasteiger partial charge on any atom is -0.404 e. The molecule has 0 aromatic rings. The second-order valence-electron chi connectivity index (χ2n) is 3.33. The fourth-order valence-corrected chi connectivity index (χ4v) is 1.57. The van der Waals surface area contributed by atoms with Crippen LogP contribution >= 0.6 is 0 Å². The van der Waals surface area contributed by atoms with E-state index >= 15 is 0 Å². The molecule has 0 spiro atoms. The predicted octanol–water partition coefficient (Wildman–Crippen LogP) is 2.22. The number of hydrogen-bond donors (Lipinski definition) is 2. The van der Waals surface area contributed by atoms with E-state index in [0.717, 1.165) is 24.8 Å². The molecule has 0 aliphatic heterocycles. The normalized spacial score (nSPS) is 24.9. The van der Waals surface area contributed by atoms with E-state index in [9.17, 15) is 0 Å². The van der Waals surface area contributed by atoms with Crippen LogP contribution in [0.5, 0.6) is 0 Å². The molecule has 0 amide bonds. The first-order valence-electron chi connectivity index (χ1n) is 4.36. The lowest BCUT2D eigenvalue weighted by Crippen LogP contribution is -2.10. The zero-order valence-electron chi connectivity index (χ0n) is 7.51. The van der Waals surface area contributed by atoms with Crippen LogP contribution in [0.4, 0.5) is 0 Å². The molecule has 1 atom stereocenters. The van der Waals surface area contributed by atoms with Crippen LogP contribution in [0, 0.1) is 11.3 Å². The Balaban J connectivity index is 2.62. The van der Waals surface area contributed by atoms with Crippen molar-refractivity contribution in [1.82, 2.24) is 0 Å². The molecule has 0 radical (unpaired) electrons. The Morgan fingerprint density at radius 2 is 2.50 bits per heavy atom. The van der Waals surface area contributed by atoms with Crippen LogP contribution in [-0.2, 0) is 0 Å². The van der Waals surface area contributed by atoms with Crippen molar-refractivity contribution >= 4 is 6.21 Å². The topological polar surface area (TPSA) is 49.9 Å². The van der Waals surface area contributed by atoms with Gasteiger partial charge in [-0.15, -0.1) is 0 Å². The van der Waals surface area contributed by atoms with Crippen molar-refractivity contribution in [3.63, 3.8) is 0 Å². The Morgan fingerprint density at radius 3 is 2.92 bits per heavy atom. The highest BCUT2D eigenvalue weighted by atomic mass is 14.5. The molecule has 0 bridgehead atoms. The van der Waals surface area contributed by atoms with Crippen molar-refractivity contribution in [1.29, 1.82) is 5.41 Å². The largest absolute Gasteiger partial charge is 0.404 e. The fraction of sp³-hybridized carbons (Fsp3) is 0.500. The van der Waals surface area contributed by atoms with Crippen molar-refractivity contribution in [3.05, 3.63) is 23.4 Å². The van der Waals surface area contributed by atoms with E-state index in [-0.39, 0.29) is 0 Å². The van der Waals surface area contributed by atoms with Crippen LogP contribution in [0.25, 0.3) is 0 Å². The SMILES string of the molecule is CC1=CCC(/C(C=N)=C/N)CC1. The highest BCUT2D eigenvalue weighted by Crippen LogP contribution is 2.27. The summed E-state index contributed by atoms with van der Waals surface area (Å²) in [6, 6.07) is 0. The van der Waals surface area contributed by atoms with Gasteiger partial charge in [-0.2, -0.15) is 0 Å². The average molecular weight is 164 g/mol. The maximum Gasteiger partial charge on any atom is 0.0227 e. The summed E-state index contributed by atoms with van der Waals surface area (Å²) in [6.45, 7) is 2.16. The van der Waals surface area contributed by atoms with Gasteiger partial charge in [0.25, 0.3) is 0 Å². The van der Waals surface area contributed by atoms with E-state index in [4.69, 9.17) is 11.1 Å². The van der Waals surface area contributed by atoms with Gasteiger partial charge in [-0.1, -0.05) is 11.6 Å². The summed E-state index contributed by atoms with van der Waals surface area (Å²) in [5.41, 5.74) is 7.85. The van der Waals surface area contributed by atoms with Crippen molar-refractivity contribution < 1.29 is 0 Å². The van der Waals surface area contributed by atoms with Gasteiger partial charge in [-0.05, 0) is 43.9 Å². The maximum absolute atomic E-state index is 7.15. The second kappa shape index (κ2) is 4.10. The molecule has 0 aromatic carbocycles. The lowest BCUT2D eigenvalue weighted by Gasteiger charge is -2.20. The molecule has 0 saturated heterocycles. The summed E-state index contributed by atoms with van der Waals surface area (Å²) < 4.78 is 0. The average Bonchev–Trinajstić information content (AvgIpc) is 2.10. The highest BCUT2D eigenvalue weighted by molar-refractivity contribution is 5.76. The highest BCUT2D eigenvalue weighted by Gasteiger charge is 2.14. The first kappa shape index (κ1) is 9.04. The van der Waals surface area contributed by atoms with Crippen LogP contribution < -0.4 is 5.73 Å². The molecule has 1 aliphatic rings. The first-order chi connectivity index (χ1) is 5.77. The van der Waals surface area contributed by atoms with E-state index in [0.29, 0.717) is 5.92 Å². The molecule has 12 heavy (non-hydrogen) atoms. The summed E-state index contributed by atoms with van der Waals surface area (Å²) in [7, 11) is 0. The predicted molar refractivity (Wildman–Crippen MR) is 52.2 cm³/mol. The van der Waals surface area contributed by atoms with E-state index in [2.05, 4.69) is 13.0 Å². The quantitative estimate of drug-likeness (QED) is 0.477. The molecule has 1 unspecified atom stereocenters. The molecule has 0 saturated carbocycles. The Hall–Kier alpha value is -1.05. The van der Waals surface area contributed by atoms with E-state index < -0.39 is 0 Å².